The molecular formula is C15H22N2O5S2. The highest BCUT2D eigenvalue weighted by atomic mass is 32.2. The molecule has 7 nitrogen and oxygen atoms in total. The first-order valence-electron chi connectivity index (χ1n) is 7.21. The first-order chi connectivity index (χ1) is 10.9. The van der Waals surface area contributed by atoms with Gasteiger partial charge in [-0.2, -0.15) is 12.6 Å². The summed E-state index contributed by atoms with van der Waals surface area (Å²) in [6, 6.07) is 4.90. The van der Waals surface area contributed by atoms with Crippen molar-refractivity contribution in [3.8, 4) is 0 Å². The Morgan fingerprint density at radius 2 is 1.79 bits per heavy atom. The minimum absolute atomic E-state index is 0.195. The largest absolute Gasteiger partial charge is 0.464 e. The van der Waals surface area contributed by atoms with E-state index in [1.807, 2.05) is 0 Å². The van der Waals surface area contributed by atoms with Crippen molar-refractivity contribution in [1.82, 2.24) is 5.32 Å². The van der Waals surface area contributed by atoms with E-state index in [2.05, 4.69) is 22.7 Å². The van der Waals surface area contributed by atoms with Gasteiger partial charge in [0.15, 0.2) is 0 Å². The van der Waals surface area contributed by atoms with E-state index in [9.17, 15) is 18.0 Å². The Hall–Kier alpha value is -1.74. The molecule has 0 aromatic heterocycles. The zero-order valence-electron chi connectivity index (χ0n) is 14.0. The van der Waals surface area contributed by atoms with Gasteiger partial charge in [0.05, 0.1) is 12.9 Å². The molecular weight excluding hydrogens is 352 g/mol. The molecule has 0 saturated heterocycles. The summed E-state index contributed by atoms with van der Waals surface area (Å²) < 4.78 is 28.8. The molecule has 0 aliphatic heterocycles. The number of sulfonamides is 1. The number of amides is 1. The fourth-order valence-corrected chi connectivity index (χ4v) is 2.60. The van der Waals surface area contributed by atoms with E-state index in [1.54, 1.807) is 20.8 Å². The molecule has 0 bridgehead atoms. The average Bonchev–Trinajstić information content (AvgIpc) is 2.42. The quantitative estimate of drug-likeness (QED) is 0.495. The highest BCUT2D eigenvalue weighted by Gasteiger charge is 2.35. The predicted molar refractivity (Wildman–Crippen MR) is 95.9 cm³/mol. The van der Waals surface area contributed by atoms with Gasteiger partial charge in [-0.3, -0.25) is 9.52 Å². The number of nitrogens with one attached hydrogen (secondary N) is 2. The van der Waals surface area contributed by atoms with Crippen LogP contribution in [0.2, 0.25) is 0 Å². The van der Waals surface area contributed by atoms with Crippen molar-refractivity contribution in [2.45, 2.75) is 31.6 Å². The standard InChI is InChI=1S/C15H22N2O5S2/c1-5-22-14(19)12(15(2,3)23)16-13(18)10-6-8-11(9-7-10)17-24(4,20)21/h6-9,12,17,23H,5H2,1-4H3,(H,16,18)/t12-/m1/s1. The number of ether oxygens (including phenoxy) is 1. The fraction of sp³-hybridized carbons (Fsp3) is 0.467. The lowest BCUT2D eigenvalue weighted by Crippen LogP contribution is -2.52. The van der Waals surface area contributed by atoms with Crippen LogP contribution < -0.4 is 10.0 Å². The lowest BCUT2D eigenvalue weighted by molar-refractivity contribution is -0.146. The number of hydrogen-bond donors (Lipinski definition) is 3. The van der Waals surface area contributed by atoms with Gasteiger partial charge in [-0.1, -0.05) is 0 Å². The lowest BCUT2D eigenvalue weighted by atomic mass is 10.0. The Balaban J connectivity index is 2.90. The van der Waals surface area contributed by atoms with Gasteiger partial charge in [-0.05, 0) is 45.0 Å². The Morgan fingerprint density at radius 3 is 2.21 bits per heavy atom. The Labute approximate surface area is 147 Å². The molecule has 0 radical (unpaired) electrons. The van der Waals surface area contributed by atoms with E-state index in [-0.39, 0.29) is 12.2 Å². The van der Waals surface area contributed by atoms with E-state index in [0.29, 0.717) is 5.69 Å². The molecule has 0 saturated carbocycles. The molecule has 134 valence electrons. The molecule has 2 N–H and O–H groups in total. The van der Waals surface area contributed by atoms with Gasteiger partial charge < -0.3 is 10.1 Å². The molecule has 24 heavy (non-hydrogen) atoms. The summed E-state index contributed by atoms with van der Waals surface area (Å²) in [6.45, 7) is 5.25. The van der Waals surface area contributed by atoms with E-state index < -0.39 is 32.7 Å². The van der Waals surface area contributed by atoms with Gasteiger partial charge in [0.2, 0.25) is 10.0 Å². The summed E-state index contributed by atoms with van der Waals surface area (Å²) in [7, 11) is -3.39. The number of thiol groups is 1. The van der Waals surface area contributed by atoms with E-state index in [1.165, 1.54) is 24.3 Å². The van der Waals surface area contributed by atoms with Crippen LogP contribution in [0, 0.1) is 0 Å². The third-order valence-electron chi connectivity index (χ3n) is 2.95. The van der Waals surface area contributed by atoms with Crippen LogP contribution in [0.1, 0.15) is 31.1 Å². The fourth-order valence-electron chi connectivity index (χ4n) is 1.87. The Kier molecular flexibility index (Phi) is 6.67. The molecule has 0 aliphatic rings. The highest BCUT2D eigenvalue weighted by molar-refractivity contribution is 7.92. The van der Waals surface area contributed by atoms with Gasteiger partial charge in [0, 0.05) is 16.0 Å². The summed E-state index contributed by atoms with van der Waals surface area (Å²) in [5.74, 6) is -1.05. The van der Waals surface area contributed by atoms with Gasteiger partial charge >= 0.3 is 5.97 Å². The van der Waals surface area contributed by atoms with Crippen LogP contribution in [0.3, 0.4) is 0 Å². The monoisotopic (exact) mass is 374 g/mol. The van der Waals surface area contributed by atoms with Gasteiger partial charge in [-0.25, -0.2) is 13.2 Å². The summed E-state index contributed by atoms with van der Waals surface area (Å²) in [4.78, 5) is 24.3. The molecule has 1 aromatic rings. The van der Waals surface area contributed by atoms with Crippen molar-refractivity contribution in [3.05, 3.63) is 29.8 Å². The topological polar surface area (TPSA) is 102 Å². The number of hydrogen-bond acceptors (Lipinski definition) is 6. The second-order valence-corrected chi connectivity index (χ2v) is 8.66. The minimum Gasteiger partial charge on any atom is -0.464 e. The van der Waals surface area contributed by atoms with Gasteiger partial charge in [-0.15, -0.1) is 0 Å². The molecule has 1 atom stereocenters. The molecule has 0 spiro atoms. The molecule has 0 fully saturated rings. The Morgan fingerprint density at radius 1 is 1.25 bits per heavy atom. The van der Waals surface area contributed by atoms with Crippen LogP contribution in [-0.2, 0) is 19.6 Å². The van der Waals surface area contributed by atoms with E-state index in [0.717, 1.165) is 6.26 Å². The predicted octanol–water partition coefficient (Wildman–Crippen LogP) is 1.43. The zero-order chi connectivity index (χ0) is 18.5. The van der Waals surface area contributed by atoms with Gasteiger partial charge in [0.25, 0.3) is 5.91 Å². The number of esters is 1. The maximum Gasteiger partial charge on any atom is 0.330 e. The Bertz CT molecular complexity index is 694. The summed E-state index contributed by atoms with van der Waals surface area (Å²) in [5, 5.41) is 2.60. The van der Waals surface area contributed by atoms with Crippen molar-refractivity contribution < 1.29 is 22.7 Å². The molecule has 0 heterocycles. The molecule has 0 unspecified atom stereocenters. The lowest BCUT2D eigenvalue weighted by Gasteiger charge is -2.28. The summed E-state index contributed by atoms with van der Waals surface area (Å²) in [6.07, 6.45) is 1.03. The maximum absolute atomic E-state index is 12.3. The number of benzene rings is 1. The number of carbonyl (C=O) groups is 2. The van der Waals surface area contributed by atoms with Crippen LogP contribution >= 0.6 is 12.6 Å². The van der Waals surface area contributed by atoms with Crippen molar-refractivity contribution >= 4 is 40.2 Å². The van der Waals surface area contributed by atoms with Crippen LogP contribution in [0.5, 0.6) is 0 Å². The second-order valence-electron chi connectivity index (χ2n) is 5.76. The number of anilines is 1. The van der Waals surface area contributed by atoms with E-state index in [4.69, 9.17) is 4.74 Å². The normalized spacial score (nSPS) is 13.0. The molecule has 9 heteroatoms. The third-order valence-corrected chi connectivity index (χ3v) is 3.82. The number of rotatable bonds is 7. The average molecular weight is 374 g/mol. The van der Waals surface area contributed by atoms with Crippen molar-refractivity contribution in [3.63, 3.8) is 0 Å². The van der Waals surface area contributed by atoms with Crippen LogP contribution in [0.25, 0.3) is 0 Å². The van der Waals surface area contributed by atoms with Crippen LogP contribution in [0.15, 0.2) is 24.3 Å². The van der Waals surface area contributed by atoms with Crippen molar-refractivity contribution in [2.24, 2.45) is 0 Å². The highest BCUT2D eigenvalue weighted by Crippen LogP contribution is 2.20. The molecule has 1 rings (SSSR count). The van der Waals surface area contributed by atoms with E-state index >= 15 is 0 Å². The first kappa shape index (κ1) is 20.3. The van der Waals surface area contributed by atoms with Crippen LogP contribution in [-0.4, -0.2) is 43.9 Å². The zero-order valence-corrected chi connectivity index (χ0v) is 15.7. The molecule has 1 aromatic carbocycles. The van der Waals surface area contributed by atoms with Crippen molar-refractivity contribution in [1.29, 1.82) is 0 Å². The SMILES string of the molecule is CCOC(=O)[C@@H](NC(=O)c1ccc(NS(C)(=O)=O)cc1)C(C)(C)S. The molecule has 1 amide bonds. The first-order valence-corrected chi connectivity index (χ1v) is 9.55. The molecule has 0 aliphatic carbocycles. The second kappa shape index (κ2) is 7.89. The van der Waals surface area contributed by atoms with Crippen LogP contribution in [0.4, 0.5) is 5.69 Å². The van der Waals surface area contributed by atoms with Crippen molar-refractivity contribution in [2.75, 3.05) is 17.6 Å². The summed E-state index contributed by atoms with van der Waals surface area (Å²) >= 11 is 4.34. The maximum atomic E-state index is 12.3. The third kappa shape index (κ3) is 6.40. The number of carbonyl (C=O) groups excluding carboxylic acids is 2. The van der Waals surface area contributed by atoms with Gasteiger partial charge in [0.1, 0.15) is 6.04 Å². The minimum atomic E-state index is -3.39. The smallest absolute Gasteiger partial charge is 0.330 e. The summed E-state index contributed by atoms with van der Waals surface area (Å²) in [5.41, 5.74) is 0.617.